The molecule has 170 valence electrons. The van der Waals surface area contributed by atoms with Crippen molar-refractivity contribution in [3.8, 4) is 11.5 Å². The third kappa shape index (κ3) is 4.76. The summed E-state index contributed by atoms with van der Waals surface area (Å²) in [6.45, 7) is 3.71. The first kappa shape index (κ1) is 21.3. The highest BCUT2D eigenvalue weighted by Crippen LogP contribution is 2.34. The summed E-state index contributed by atoms with van der Waals surface area (Å²) in [4.78, 5) is 15.3. The third-order valence-electron chi connectivity index (χ3n) is 6.90. The maximum absolute atomic E-state index is 13.0. The van der Waals surface area contributed by atoms with Crippen molar-refractivity contribution >= 4 is 5.91 Å². The van der Waals surface area contributed by atoms with Crippen molar-refractivity contribution in [2.75, 3.05) is 32.8 Å². The Balaban J connectivity index is 1.27. The Labute approximate surface area is 189 Å². The van der Waals surface area contributed by atoms with Crippen molar-refractivity contribution in [1.29, 1.82) is 0 Å². The van der Waals surface area contributed by atoms with Crippen molar-refractivity contribution in [2.24, 2.45) is 5.92 Å². The van der Waals surface area contributed by atoms with E-state index < -0.39 is 6.10 Å². The number of rotatable bonds is 7. The minimum atomic E-state index is -0.809. The molecule has 1 aliphatic carbocycles. The van der Waals surface area contributed by atoms with Gasteiger partial charge in [0, 0.05) is 13.0 Å². The molecule has 0 bridgehead atoms. The lowest BCUT2D eigenvalue weighted by atomic mass is 9.98. The molecule has 2 aromatic carbocycles. The van der Waals surface area contributed by atoms with Crippen LogP contribution in [-0.2, 0) is 17.6 Å². The van der Waals surface area contributed by atoms with Crippen LogP contribution < -0.4 is 14.8 Å². The summed E-state index contributed by atoms with van der Waals surface area (Å²) in [7, 11) is 0. The van der Waals surface area contributed by atoms with E-state index >= 15 is 0 Å². The van der Waals surface area contributed by atoms with E-state index in [0.717, 1.165) is 31.5 Å². The van der Waals surface area contributed by atoms with Gasteiger partial charge < -0.3 is 24.8 Å². The van der Waals surface area contributed by atoms with Gasteiger partial charge in [-0.05, 0) is 73.5 Å². The number of amides is 1. The molecule has 2 aromatic rings. The maximum atomic E-state index is 13.0. The van der Waals surface area contributed by atoms with Gasteiger partial charge in [0.2, 0.25) is 5.91 Å². The summed E-state index contributed by atoms with van der Waals surface area (Å²) in [5.74, 6) is 1.70. The van der Waals surface area contributed by atoms with E-state index in [-0.39, 0.29) is 11.9 Å². The first-order valence-electron chi connectivity index (χ1n) is 11.8. The number of aliphatic hydroxyl groups excluding tert-OH is 1. The van der Waals surface area contributed by atoms with E-state index in [1.54, 1.807) is 0 Å². The van der Waals surface area contributed by atoms with E-state index in [1.165, 1.54) is 24.0 Å². The fourth-order valence-electron chi connectivity index (χ4n) is 5.27. The van der Waals surface area contributed by atoms with Gasteiger partial charge in [-0.25, -0.2) is 0 Å². The van der Waals surface area contributed by atoms with E-state index in [4.69, 9.17) is 9.47 Å². The zero-order valence-electron chi connectivity index (χ0n) is 18.5. The second-order valence-electron chi connectivity index (χ2n) is 9.28. The Hall–Kier alpha value is -2.57. The summed E-state index contributed by atoms with van der Waals surface area (Å²) in [6, 6.07) is 13.6. The van der Waals surface area contributed by atoms with Gasteiger partial charge in [-0.1, -0.05) is 30.3 Å². The lowest BCUT2D eigenvalue weighted by Gasteiger charge is -2.29. The molecule has 1 unspecified atom stereocenters. The smallest absolute Gasteiger partial charge is 0.220 e. The monoisotopic (exact) mass is 436 g/mol. The summed E-state index contributed by atoms with van der Waals surface area (Å²) in [5, 5.41) is 14.4. The molecule has 3 aliphatic rings. The molecule has 6 nitrogen and oxygen atoms in total. The highest BCUT2D eigenvalue weighted by molar-refractivity contribution is 5.77. The van der Waals surface area contributed by atoms with Crippen LogP contribution in [0.5, 0.6) is 11.5 Å². The molecule has 5 rings (SSSR count). The van der Waals surface area contributed by atoms with Gasteiger partial charge in [0.1, 0.15) is 19.3 Å². The van der Waals surface area contributed by atoms with Crippen LogP contribution in [0.2, 0.25) is 0 Å². The Morgan fingerprint density at radius 2 is 1.72 bits per heavy atom. The Bertz CT molecular complexity index is 932. The van der Waals surface area contributed by atoms with Crippen LogP contribution in [0.25, 0.3) is 0 Å². The van der Waals surface area contributed by atoms with Crippen LogP contribution in [0.3, 0.4) is 0 Å². The quantitative estimate of drug-likeness (QED) is 0.699. The molecule has 0 spiro atoms. The van der Waals surface area contributed by atoms with Crippen LogP contribution in [-0.4, -0.2) is 54.8 Å². The first-order valence-corrected chi connectivity index (χ1v) is 11.8. The van der Waals surface area contributed by atoms with Gasteiger partial charge in [-0.3, -0.25) is 4.79 Å². The Morgan fingerprint density at radius 3 is 2.44 bits per heavy atom. The molecule has 32 heavy (non-hydrogen) atoms. The molecule has 0 saturated carbocycles. The molecular formula is C26H32N2O4. The van der Waals surface area contributed by atoms with E-state index in [9.17, 15) is 9.90 Å². The van der Waals surface area contributed by atoms with Gasteiger partial charge in [0.05, 0.1) is 6.04 Å². The summed E-state index contributed by atoms with van der Waals surface area (Å²) in [6.07, 6.45) is 3.91. The average Bonchev–Trinajstić information content (AvgIpc) is 3.47. The number of hydrogen-bond acceptors (Lipinski definition) is 5. The van der Waals surface area contributed by atoms with Crippen molar-refractivity contribution in [2.45, 2.75) is 44.2 Å². The molecule has 0 radical (unpaired) electrons. The number of carbonyl (C=O) groups excluding carboxylic acids is 1. The lowest BCUT2D eigenvalue weighted by Crippen LogP contribution is -2.47. The van der Waals surface area contributed by atoms with Crippen molar-refractivity contribution < 1.29 is 19.4 Å². The number of nitrogens with zero attached hydrogens (tertiary/aromatic N) is 1. The molecule has 2 N–H and O–H groups in total. The van der Waals surface area contributed by atoms with Crippen LogP contribution >= 0.6 is 0 Å². The van der Waals surface area contributed by atoms with Crippen LogP contribution in [0, 0.1) is 5.92 Å². The van der Waals surface area contributed by atoms with E-state index in [0.29, 0.717) is 43.6 Å². The minimum absolute atomic E-state index is 0.0172. The maximum Gasteiger partial charge on any atom is 0.220 e. The SMILES string of the molecule is O=C(CC1Cc2ccccc2C1)NC(CN1CCCC1)[C@@H](O)c1ccc2c(c1)OCCO2. The molecule has 1 saturated heterocycles. The van der Waals surface area contributed by atoms with Crippen LogP contribution in [0.15, 0.2) is 42.5 Å². The summed E-state index contributed by atoms with van der Waals surface area (Å²) in [5.41, 5.74) is 3.46. The van der Waals surface area contributed by atoms with E-state index in [1.807, 2.05) is 18.2 Å². The summed E-state index contributed by atoms with van der Waals surface area (Å²) >= 11 is 0. The Kier molecular flexibility index (Phi) is 6.32. The van der Waals surface area contributed by atoms with Gasteiger partial charge in [0.25, 0.3) is 0 Å². The number of aliphatic hydroxyl groups is 1. The van der Waals surface area contributed by atoms with Gasteiger partial charge in [-0.2, -0.15) is 0 Å². The summed E-state index contributed by atoms with van der Waals surface area (Å²) < 4.78 is 11.3. The van der Waals surface area contributed by atoms with Crippen LogP contribution in [0.1, 0.15) is 42.1 Å². The number of benzene rings is 2. The third-order valence-corrected chi connectivity index (χ3v) is 6.90. The van der Waals surface area contributed by atoms with Crippen molar-refractivity contribution in [1.82, 2.24) is 10.2 Å². The highest BCUT2D eigenvalue weighted by Gasteiger charge is 2.29. The van der Waals surface area contributed by atoms with Gasteiger partial charge in [-0.15, -0.1) is 0 Å². The molecular weight excluding hydrogens is 404 g/mol. The van der Waals surface area contributed by atoms with Gasteiger partial charge in [0.15, 0.2) is 11.5 Å². The highest BCUT2D eigenvalue weighted by atomic mass is 16.6. The average molecular weight is 437 g/mol. The number of fused-ring (bicyclic) bond motifs is 2. The fraction of sp³-hybridized carbons (Fsp3) is 0.500. The number of hydrogen-bond donors (Lipinski definition) is 2. The number of likely N-dealkylation sites (tertiary alicyclic amines) is 1. The number of ether oxygens (including phenoxy) is 2. The first-order chi connectivity index (χ1) is 15.7. The molecule has 6 heteroatoms. The number of nitrogens with one attached hydrogen (secondary N) is 1. The lowest BCUT2D eigenvalue weighted by molar-refractivity contribution is -0.123. The van der Waals surface area contributed by atoms with E-state index in [2.05, 4.69) is 34.5 Å². The molecule has 2 atom stereocenters. The molecule has 2 heterocycles. The molecule has 1 amide bonds. The normalized spacial score (nSPS) is 20.0. The largest absolute Gasteiger partial charge is 0.486 e. The van der Waals surface area contributed by atoms with Crippen LogP contribution in [0.4, 0.5) is 0 Å². The topological polar surface area (TPSA) is 71.0 Å². The standard InChI is InChI=1S/C26H32N2O4/c29-25(15-18-13-19-5-1-2-6-20(19)14-18)27-22(17-28-9-3-4-10-28)26(30)21-7-8-23-24(16-21)32-12-11-31-23/h1-2,5-8,16,18,22,26,30H,3-4,9-15,17H2,(H,27,29)/t22?,26-/m0/s1. The zero-order chi connectivity index (χ0) is 21.9. The van der Waals surface area contributed by atoms with Gasteiger partial charge >= 0.3 is 0 Å². The minimum Gasteiger partial charge on any atom is -0.486 e. The second kappa shape index (κ2) is 9.51. The Morgan fingerprint density at radius 1 is 1.03 bits per heavy atom. The molecule has 0 aromatic heterocycles. The second-order valence-corrected chi connectivity index (χ2v) is 9.28. The predicted molar refractivity (Wildman–Crippen MR) is 122 cm³/mol. The molecule has 2 aliphatic heterocycles. The number of carbonyl (C=O) groups is 1. The van der Waals surface area contributed by atoms with Crippen molar-refractivity contribution in [3.63, 3.8) is 0 Å². The van der Waals surface area contributed by atoms with Crippen molar-refractivity contribution in [3.05, 3.63) is 59.2 Å². The predicted octanol–water partition coefficient (Wildman–Crippen LogP) is 2.88. The molecule has 1 fully saturated rings. The zero-order valence-corrected chi connectivity index (χ0v) is 18.5. The fourth-order valence-corrected chi connectivity index (χ4v) is 5.27.